The molecule has 40 heavy (non-hydrogen) atoms. The molecule has 2 aromatic heterocycles. The minimum Gasteiger partial charge on any atom is -0.508 e. The van der Waals surface area contributed by atoms with Crippen LogP contribution in [0.4, 0.5) is 28.4 Å². The second-order valence-electron chi connectivity index (χ2n) is 9.61. The van der Waals surface area contributed by atoms with Crippen LogP contribution in [0, 0.1) is 0 Å². The summed E-state index contributed by atoms with van der Waals surface area (Å²) in [6.45, 7) is 8.26. The van der Waals surface area contributed by atoms with Crippen molar-refractivity contribution in [2.75, 3.05) is 18.0 Å². The number of benzene rings is 2. The molecule has 1 N–H and O–H groups in total. The van der Waals surface area contributed by atoms with Crippen molar-refractivity contribution >= 4 is 28.4 Å². The maximum Gasteiger partial charge on any atom is 0.196 e. The van der Waals surface area contributed by atoms with Gasteiger partial charge in [0.1, 0.15) is 24.5 Å². The Morgan fingerprint density at radius 3 is 1.70 bits per heavy atom. The Morgan fingerprint density at radius 2 is 1.10 bits per heavy atom. The van der Waals surface area contributed by atoms with Gasteiger partial charge in [0.15, 0.2) is 24.8 Å². The van der Waals surface area contributed by atoms with E-state index in [9.17, 15) is 5.11 Å². The van der Waals surface area contributed by atoms with E-state index in [2.05, 4.69) is 79.1 Å². The van der Waals surface area contributed by atoms with Gasteiger partial charge in [-0.3, -0.25) is 0 Å². The van der Waals surface area contributed by atoms with Crippen LogP contribution in [0.15, 0.2) is 118 Å². The Bertz CT molecular complexity index is 1360. The van der Waals surface area contributed by atoms with Gasteiger partial charge in [-0.1, -0.05) is 0 Å². The first kappa shape index (κ1) is 28.5. The van der Waals surface area contributed by atoms with Crippen molar-refractivity contribution in [2.24, 2.45) is 20.5 Å². The van der Waals surface area contributed by atoms with Crippen molar-refractivity contribution in [3.05, 3.63) is 97.6 Å². The lowest BCUT2D eigenvalue weighted by atomic mass is 10.2. The summed E-state index contributed by atoms with van der Waals surface area (Å²) in [6, 6.07) is 22.9. The second-order valence-corrected chi connectivity index (χ2v) is 9.61. The molecule has 0 aliphatic heterocycles. The SMILES string of the molecule is CCN(CC)c1ccc(N=Nc2cc[n+](CCCCCC[n+]3cccc(N=Nc4ccc(O)cc4)c3)cc2)cc1. The topological polar surface area (TPSA) is 80.7 Å². The lowest BCUT2D eigenvalue weighted by Crippen LogP contribution is -2.33. The molecule has 4 aromatic rings. The highest BCUT2D eigenvalue weighted by molar-refractivity contribution is 5.52. The van der Waals surface area contributed by atoms with Gasteiger partial charge in [0.05, 0.1) is 17.1 Å². The molecule has 2 aromatic carbocycles. The number of unbranched alkanes of at least 4 members (excludes halogenated alkanes) is 3. The number of pyridine rings is 2. The number of hydrogen-bond donors (Lipinski definition) is 1. The molecule has 0 bridgehead atoms. The summed E-state index contributed by atoms with van der Waals surface area (Å²) >= 11 is 0. The molecule has 0 amide bonds. The lowest BCUT2D eigenvalue weighted by molar-refractivity contribution is -0.698. The molecule has 0 atom stereocenters. The maximum absolute atomic E-state index is 9.38. The molecular weight excluding hydrogens is 498 g/mol. The number of anilines is 1. The Labute approximate surface area is 237 Å². The highest BCUT2D eigenvalue weighted by Gasteiger charge is 2.05. The van der Waals surface area contributed by atoms with E-state index in [1.165, 1.54) is 18.5 Å². The Hall–Kier alpha value is -4.46. The van der Waals surface area contributed by atoms with E-state index in [0.717, 1.165) is 56.1 Å². The number of aromatic nitrogens is 2. The normalized spacial score (nSPS) is 11.4. The molecule has 206 valence electrons. The molecule has 0 fully saturated rings. The van der Waals surface area contributed by atoms with Gasteiger partial charge in [0, 0.05) is 49.8 Å². The van der Waals surface area contributed by atoms with Crippen molar-refractivity contribution < 1.29 is 14.2 Å². The number of azo groups is 2. The van der Waals surface area contributed by atoms with Crippen molar-refractivity contribution in [1.82, 2.24) is 0 Å². The molecular formula is C32H39N7O+2. The fraction of sp³-hybridized carbons (Fsp3) is 0.312. The fourth-order valence-electron chi connectivity index (χ4n) is 4.38. The molecule has 0 radical (unpaired) electrons. The quantitative estimate of drug-likeness (QED) is 0.101. The van der Waals surface area contributed by atoms with Gasteiger partial charge in [0.25, 0.3) is 0 Å². The van der Waals surface area contributed by atoms with Crippen LogP contribution in [-0.4, -0.2) is 18.2 Å². The highest BCUT2D eigenvalue weighted by atomic mass is 16.3. The molecule has 8 heteroatoms. The largest absolute Gasteiger partial charge is 0.508 e. The zero-order valence-corrected chi connectivity index (χ0v) is 23.5. The fourth-order valence-corrected chi connectivity index (χ4v) is 4.38. The Morgan fingerprint density at radius 1 is 0.575 bits per heavy atom. The second kappa shape index (κ2) is 15.2. The van der Waals surface area contributed by atoms with Crippen LogP contribution in [0.2, 0.25) is 0 Å². The summed E-state index contributed by atoms with van der Waals surface area (Å²) in [6.07, 6.45) is 12.8. The van der Waals surface area contributed by atoms with Gasteiger partial charge >= 0.3 is 0 Å². The minimum atomic E-state index is 0.222. The summed E-state index contributed by atoms with van der Waals surface area (Å²) in [5, 5.41) is 26.7. The van der Waals surface area contributed by atoms with E-state index < -0.39 is 0 Å². The summed E-state index contributed by atoms with van der Waals surface area (Å²) < 4.78 is 4.36. The van der Waals surface area contributed by atoms with E-state index in [4.69, 9.17) is 0 Å². The van der Waals surface area contributed by atoms with Gasteiger partial charge in [-0.25, -0.2) is 9.13 Å². The third-order valence-electron chi connectivity index (χ3n) is 6.69. The van der Waals surface area contributed by atoms with Crippen LogP contribution < -0.4 is 14.0 Å². The molecule has 0 aliphatic rings. The van der Waals surface area contributed by atoms with Crippen LogP contribution in [0.1, 0.15) is 39.5 Å². The summed E-state index contributed by atoms with van der Waals surface area (Å²) in [7, 11) is 0. The van der Waals surface area contributed by atoms with Gasteiger partial charge in [0.2, 0.25) is 0 Å². The first-order chi connectivity index (χ1) is 19.6. The maximum atomic E-state index is 9.38. The molecule has 4 rings (SSSR count). The van der Waals surface area contributed by atoms with Crippen molar-refractivity contribution in [3.63, 3.8) is 0 Å². The third-order valence-corrected chi connectivity index (χ3v) is 6.69. The van der Waals surface area contributed by atoms with Crippen LogP contribution in [0.5, 0.6) is 5.75 Å². The molecule has 0 saturated carbocycles. The number of aromatic hydroxyl groups is 1. The number of phenolic OH excluding ortho intramolecular Hbond substituents is 1. The van der Waals surface area contributed by atoms with Crippen LogP contribution in [0.25, 0.3) is 0 Å². The van der Waals surface area contributed by atoms with E-state index in [1.807, 2.05) is 42.6 Å². The predicted molar refractivity (Wildman–Crippen MR) is 158 cm³/mol. The van der Waals surface area contributed by atoms with Crippen LogP contribution in [0.3, 0.4) is 0 Å². The molecule has 0 saturated heterocycles. The van der Waals surface area contributed by atoms with Crippen molar-refractivity contribution in [1.29, 1.82) is 0 Å². The average Bonchev–Trinajstić information content (AvgIpc) is 2.99. The highest BCUT2D eigenvalue weighted by Crippen LogP contribution is 2.22. The summed E-state index contributed by atoms with van der Waals surface area (Å²) in [5.41, 5.74) is 4.44. The molecule has 0 spiro atoms. The molecule has 2 heterocycles. The summed E-state index contributed by atoms with van der Waals surface area (Å²) in [4.78, 5) is 2.31. The Kier molecular flexibility index (Phi) is 10.9. The number of nitrogens with zero attached hydrogens (tertiary/aromatic N) is 7. The van der Waals surface area contributed by atoms with E-state index in [0.29, 0.717) is 5.69 Å². The smallest absolute Gasteiger partial charge is 0.196 e. The number of rotatable bonds is 14. The monoisotopic (exact) mass is 537 g/mol. The van der Waals surface area contributed by atoms with E-state index >= 15 is 0 Å². The van der Waals surface area contributed by atoms with Crippen LogP contribution >= 0.6 is 0 Å². The molecule has 0 unspecified atom stereocenters. The van der Waals surface area contributed by atoms with Crippen molar-refractivity contribution in [2.45, 2.75) is 52.6 Å². The number of hydrogen-bond acceptors (Lipinski definition) is 6. The number of aryl methyl sites for hydroxylation is 2. The average molecular weight is 538 g/mol. The van der Waals surface area contributed by atoms with Gasteiger partial charge in [-0.05, 0) is 81.3 Å². The van der Waals surface area contributed by atoms with Gasteiger partial charge in [-0.2, -0.15) is 15.3 Å². The number of phenols is 1. The lowest BCUT2D eigenvalue weighted by Gasteiger charge is -2.20. The van der Waals surface area contributed by atoms with Crippen molar-refractivity contribution in [3.8, 4) is 5.75 Å². The molecule has 8 nitrogen and oxygen atoms in total. The summed E-state index contributed by atoms with van der Waals surface area (Å²) in [5.74, 6) is 0.222. The minimum absolute atomic E-state index is 0.222. The predicted octanol–water partition coefficient (Wildman–Crippen LogP) is 7.90. The van der Waals surface area contributed by atoms with Crippen LogP contribution in [-0.2, 0) is 13.1 Å². The van der Waals surface area contributed by atoms with E-state index in [-0.39, 0.29) is 5.75 Å². The van der Waals surface area contributed by atoms with Gasteiger partial charge < -0.3 is 10.0 Å². The first-order valence-electron chi connectivity index (χ1n) is 14.1. The third kappa shape index (κ3) is 9.08. The zero-order chi connectivity index (χ0) is 28.0. The van der Waals surface area contributed by atoms with E-state index in [1.54, 1.807) is 24.3 Å². The van der Waals surface area contributed by atoms with Gasteiger partial charge in [-0.15, -0.1) is 5.11 Å². The first-order valence-corrected chi connectivity index (χ1v) is 14.1. The zero-order valence-electron chi connectivity index (χ0n) is 23.5. The Balaban J connectivity index is 1.15. The molecule has 0 aliphatic carbocycles. The standard InChI is InChI=1S/C32H38N7O/c1-3-39(4-2)31-15-11-27(12-16-31)33-35-29-19-24-37(25-20-29)21-7-5-6-8-22-38-23-9-10-30(26-38)36-34-28-13-17-32(40)18-14-28/h9-20,23-26H,3-8,21-22H2,1-2H3/q+1/p+1.